The maximum absolute atomic E-state index is 12.6. The molecule has 0 bridgehead atoms. The maximum atomic E-state index is 12.6. The Kier molecular flexibility index (Phi) is 8.35. The number of nitrogens with zero attached hydrogens (tertiary/aromatic N) is 1. The number of carbonyl (C=O) groups excluding carboxylic acids is 1. The van der Waals surface area contributed by atoms with Crippen molar-refractivity contribution in [1.29, 1.82) is 0 Å². The molecule has 0 aliphatic heterocycles. The number of fused-ring (bicyclic) bond motifs is 2. The lowest BCUT2D eigenvalue weighted by atomic mass is 10.1. The van der Waals surface area contributed by atoms with E-state index in [-0.39, 0.29) is 5.76 Å². The number of rotatable bonds is 8. The Morgan fingerprint density at radius 3 is 2.68 bits per heavy atom. The van der Waals surface area contributed by atoms with Crippen LogP contribution >= 0.6 is 54.5 Å². The molecule has 6 nitrogen and oxygen atoms in total. The smallest absolute Gasteiger partial charge is 0.307 e. The normalized spacial score (nSPS) is 11.4. The standard InChI is InChI=1S/C29H21Br2IN2O4/c1-2-36-25-11-17(15-33-34-29(35)26-13-20-12-21(30)14-24(32)27(20)38-26)10-23(31)28(25)37-16-19-8-5-7-18-6-3-4-9-22(18)19/h3-15H,2,16H2,1H3,(H,34,35)/b33-15-. The minimum atomic E-state index is -0.441. The van der Waals surface area contributed by atoms with Gasteiger partial charge in [0.1, 0.15) is 12.2 Å². The molecule has 5 aromatic rings. The van der Waals surface area contributed by atoms with E-state index in [0.717, 1.165) is 35.3 Å². The third kappa shape index (κ3) is 5.89. The predicted octanol–water partition coefficient (Wildman–Crippen LogP) is 8.46. The Labute approximate surface area is 249 Å². The van der Waals surface area contributed by atoms with Crippen molar-refractivity contribution in [3.8, 4) is 11.5 Å². The average Bonchev–Trinajstić information content (AvgIpc) is 3.33. The molecule has 5 rings (SSSR count). The first-order valence-electron chi connectivity index (χ1n) is 11.7. The number of benzene rings is 4. The van der Waals surface area contributed by atoms with E-state index >= 15 is 0 Å². The van der Waals surface area contributed by atoms with Gasteiger partial charge in [0.15, 0.2) is 17.3 Å². The van der Waals surface area contributed by atoms with Crippen LogP contribution in [0.1, 0.15) is 28.6 Å². The number of hydrazone groups is 1. The van der Waals surface area contributed by atoms with Crippen LogP contribution in [-0.2, 0) is 6.61 Å². The molecule has 0 spiro atoms. The number of hydrogen-bond acceptors (Lipinski definition) is 5. The highest BCUT2D eigenvalue weighted by Gasteiger charge is 2.15. The van der Waals surface area contributed by atoms with Crippen LogP contribution in [0.3, 0.4) is 0 Å². The molecule has 0 saturated heterocycles. The number of carbonyl (C=O) groups is 1. The maximum Gasteiger partial charge on any atom is 0.307 e. The zero-order chi connectivity index (χ0) is 26.6. The second-order valence-corrected chi connectivity index (χ2v) is 11.2. The van der Waals surface area contributed by atoms with E-state index in [1.165, 1.54) is 0 Å². The average molecular weight is 748 g/mol. The van der Waals surface area contributed by atoms with Gasteiger partial charge in [0.2, 0.25) is 0 Å². The lowest BCUT2D eigenvalue weighted by molar-refractivity contribution is 0.0929. The number of halogens is 3. The van der Waals surface area contributed by atoms with Gasteiger partial charge in [0.05, 0.1) is 20.9 Å². The Morgan fingerprint density at radius 2 is 1.84 bits per heavy atom. The van der Waals surface area contributed by atoms with Gasteiger partial charge in [-0.15, -0.1) is 0 Å². The molecule has 0 fully saturated rings. The first-order chi connectivity index (χ1) is 18.4. The molecule has 0 atom stereocenters. The second-order valence-electron chi connectivity index (χ2n) is 8.31. The fraction of sp³-hybridized carbons (Fsp3) is 0.103. The summed E-state index contributed by atoms with van der Waals surface area (Å²) in [4.78, 5) is 12.6. The van der Waals surface area contributed by atoms with E-state index in [0.29, 0.717) is 34.8 Å². The van der Waals surface area contributed by atoms with Crippen LogP contribution in [0.15, 0.2) is 91.3 Å². The van der Waals surface area contributed by atoms with Crippen molar-refractivity contribution in [3.05, 3.63) is 102 Å². The monoisotopic (exact) mass is 746 g/mol. The van der Waals surface area contributed by atoms with E-state index < -0.39 is 5.91 Å². The molecule has 4 aromatic carbocycles. The number of furan rings is 1. The Hall–Kier alpha value is -2.89. The first kappa shape index (κ1) is 26.7. The molecule has 0 unspecified atom stereocenters. The van der Waals surface area contributed by atoms with Gasteiger partial charge in [0.25, 0.3) is 0 Å². The minimum Gasteiger partial charge on any atom is -0.490 e. The van der Waals surface area contributed by atoms with Gasteiger partial charge < -0.3 is 13.9 Å². The van der Waals surface area contributed by atoms with E-state index in [2.05, 4.69) is 89.2 Å². The Morgan fingerprint density at radius 1 is 1.03 bits per heavy atom. The van der Waals surface area contributed by atoms with Crippen LogP contribution < -0.4 is 14.9 Å². The fourth-order valence-corrected chi connectivity index (χ4v) is 6.28. The van der Waals surface area contributed by atoms with Crippen molar-refractivity contribution < 1.29 is 18.7 Å². The van der Waals surface area contributed by atoms with Crippen molar-refractivity contribution in [2.75, 3.05) is 6.61 Å². The van der Waals surface area contributed by atoms with Crippen LogP contribution in [0.25, 0.3) is 21.7 Å². The summed E-state index contributed by atoms with van der Waals surface area (Å²) in [5.41, 5.74) is 4.99. The molecule has 0 saturated carbocycles. The van der Waals surface area contributed by atoms with Gasteiger partial charge >= 0.3 is 5.91 Å². The number of hydrogen-bond donors (Lipinski definition) is 1. The number of nitrogens with one attached hydrogen (secondary N) is 1. The topological polar surface area (TPSA) is 73.1 Å². The SMILES string of the molecule is CCOc1cc(/C=N\NC(=O)c2cc3cc(Br)cc(I)c3o2)cc(Br)c1OCc1cccc2ccccc12. The van der Waals surface area contributed by atoms with Crippen LogP contribution in [0.5, 0.6) is 11.5 Å². The van der Waals surface area contributed by atoms with Gasteiger partial charge in [-0.2, -0.15) is 5.10 Å². The van der Waals surface area contributed by atoms with E-state index in [1.807, 2.05) is 49.4 Å². The summed E-state index contributed by atoms with van der Waals surface area (Å²) < 4.78 is 20.4. The summed E-state index contributed by atoms with van der Waals surface area (Å²) in [7, 11) is 0. The summed E-state index contributed by atoms with van der Waals surface area (Å²) in [6.07, 6.45) is 1.54. The molecular weight excluding hydrogens is 727 g/mol. The Bertz CT molecular complexity index is 1680. The van der Waals surface area contributed by atoms with Crippen molar-refractivity contribution in [1.82, 2.24) is 5.43 Å². The molecule has 0 aliphatic carbocycles. The lowest BCUT2D eigenvalue weighted by Crippen LogP contribution is -2.16. The summed E-state index contributed by atoms with van der Waals surface area (Å²) in [6.45, 7) is 2.77. The van der Waals surface area contributed by atoms with Gasteiger partial charge in [-0.1, -0.05) is 58.4 Å². The third-order valence-electron chi connectivity index (χ3n) is 5.72. The van der Waals surface area contributed by atoms with Crippen molar-refractivity contribution in [2.45, 2.75) is 13.5 Å². The van der Waals surface area contributed by atoms with Crippen LogP contribution in [0.2, 0.25) is 0 Å². The molecule has 1 heterocycles. The van der Waals surface area contributed by atoms with Gasteiger partial charge in [-0.05, 0) is 97.7 Å². The molecular formula is C29H21Br2IN2O4. The summed E-state index contributed by atoms with van der Waals surface area (Å²) >= 11 is 9.24. The minimum absolute atomic E-state index is 0.182. The summed E-state index contributed by atoms with van der Waals surface area (Å²) in [5, 5.41) is 7.26. The van der Waals surface area contributed by atoms with E-state index in [4.69, 9.17) is 13.9 Å². The zero-order valence-electron chi connectivity index (χ0n) is 20.1. The van der Waals surface area contributed by atoms with Crippen molar-refractivity contribution in [3.63, 3.8) is 0 Å². The molecule has 1 N–H and O–H groups in total. The van der Waals surface area contributed by atoms with Gasteiger partial charge in [-0.3, -0.25) is 4.79 Å². The molecule has 1 aromatic heterocycles. The van der Waals surface area contributed by atoms with E-state index in [1.54, 1.807) is 12.3 Å². The van der Waals surface area contributed by atoms with Gasteiger partial charge in [0, 0.05) is 9.86 Å². The predicted molar refractivity (Wildman–Crippen MR) is 165 cm³/mol. The summed E-state index contributed by atoms with van der Waals surface area (Å²) in [6, 6.07) is 23.6. The molecule has 0 aliphatic rings. The Balaban J connectivity index is 1.32. The lowest BCUT2D eigenvalue weighted by Gasteiger charge is -2.15. The second kappa shape index (κ2) is 11.9. The summed E-state index contributed by atoms with van der Waals surface area (Å²) in [5.74, 6) is 0.918. The first-order valence-corrected chi connectivity index (χ1v) is 14.4. The van der Waals surface area contributed by atoms with Crippen molar-refractivity contribution >= 4 is 88.3 Å². The highest BCUT2D eigenvalue weighted by molar-refractivity contribution is 14.1. The van der Waals surface area contributed by atoms with E-state index in [9.17, 15) is 4.79 Å². The van der Waals surface area contributed by atoms with Gasteiger partial charge in [-0.25, -0.2) is 5.43 Å². The third-order valence-corrected chi connectivity index (χ3v) is 7.57. The van der Waals surface area contributed by atoms with Crippen LogP contribution in [0, 0.1) is 3.57 Å². The number of amides is 1. The molecule has 38 heavy (non-hydrogen) atoms. The number of ether oxygens (including phenoxy) is 2. The molecule has 1 amide bonds. The fourth-order valence-electron chi connectivity index (χ4n) is 4.04. The quantitative estimate of drug-likeness (QED) is 0.0983. The molecule has 192 valence electrons. The highest BCUT2D eigenvalue weighted by atomic mass is 127. The van der Waals surface area contributed by atoms with Crippen molar-refractivity contribution in [2.24, 2.45) is 5.10 Å². The van der Waals surface area contributed by atoms with Crippen LogP contribution in [0.4, 0.5) is 0 Å². The molecule has 9 heteroatoms. The zero-order valence-corrected chi connectivity index (χ0v) is 25.5. The largest absolute Gasteiger partial charge is 0.490 e. The van der Waals surface area contributed by atoms with Crippen LogP contribution in [-0.4, -0.2) is 18.7 Å². The highest BCUT2D eigenvalue weighted by Crippen LogP contribution is 2.37. The molecule has 0 radical (unpaired) electrons.